The minimum atomic E-state index is -0.443. The van der Waals surface area contributed by atoms with E-state index in [1.165, 1.54) is 0 Å². The average Bonchev–Trinajstić information content (AvgIpc) is 3.10. The topological polar surface area (TPSA) is 63.7 Å². The van der Waals surface area contributed by atoms with Crippen molar-refractivity contribution < 1.29 is 14.3 Å². The first-order valence-electron chi connectivity index (χ1n) is 8.19. The molecule has 3 aromatic rings. The van der Waals surface area contributed by atoms with E-state index >= 15 is 0 Å². The minimum absolute atomic E-state index is 0.403. The van der Waals surface area contributed by atoms with Crippen LogP contribution >= 0.6 is 0 Å². The summed E-state index contributed by atoms with van der Waals surface area (Å²) in [4.78, 5) is 6.81. The number of β-amino-alcohol motifs (C(OH)–C–C–N with tert-alkyl or cyclic N) is 1. The molecule has 3 heterocycles. The maximum absolute atomic E-state index is 9.83. The standard InChI is InChI=1S/C18H21N3O3/c1-20-16-5-3-2-4-15(16)19-18(20)17-7-6-14(24-17)11-21-8-9-23-12-13(22)10-21/h2-7,13,22H,8-12H2,1H3. The third kappa shape index (κ3) is 2.96. The van der Waals surface area contributed by atoms with Gasteiger partial charge in [0.15, 0.2) is 11.6 Å². The Balaban J connectivity index is 1.56. The Labute approximate surface area is 140 Å². The molecule has 1 aliphatic heterocycles. The van der Waals surface area contributed by atoms with E-state index in [1.807, 2.05) is 48.0 Å². The summed E-state index contributed by atoms with van der Waals surface area (Å²) < 4.78 is 13.4. The molecule has 0 aliphatic carbocycles. The number of nitrogens with zero attached hydrogens (tertiary/aromatic N) is 3. The second kappa shape index (κ2) is 6.39. The number of benzene rings is 1. The molecular weight excluding hydrogens is 306 g/mol. The number of aliphatic hydroxyl groups is 1. The molecule has 24 heavy (non-hydrogen) atoms. The SMILES string of the molecule is Cn1c(-c2ccc(CN3CCOCC(O)C3)o2)nc2ccccc21. The second-order valence-electron chi connectivity index (χ2n) is 6.21. The molecule has 6 heteroatoms. The van der Waals surface area contributed by atoms with Crippen molar-refractivity contribution in [2.75, 3.05) is 26.3 Å². The van der Waals surface area contributed by atoms with Gasteiger partial charge >= 0.3 is 0 Å². The van der Waals surface area contributed by atoms with Crippen LogP contribution in [0.15, 0.2) is 40.8 Å². The van der Waals surface area contributed by atoms with Crippen LogP contribution in [0, 0.1) is 0 Å². The highest BCUT2D eigenvalue weighted by Crippen LogP contribution is 2.25. The van der Waals surface area contributed by atoms with Crippen LogP contribution in [0.5, 0.6) is 0 Å². The molecule has 6 nitrogen and oxygen atoms in total. The van der Waals surface area contributed by atoms with E-state index in [-0.39, 0.29) is 0 Å². The van der Waals surface area contributed by atoms with Gasteiger partial charge in [-0.25, -0.2) is 4.98 Å². The van der Waals surface area contributed by atoms with Crippen molar-refractivity contribution >= 4 is 11.0 Å². The number of hydrogen-bond donors (Lipinski definition) is 1. The maximum atomic E-state index is 9.83. The zero-order chi connectivity index (χ0) is 16.5. The van der Waals surface area contributed by atoms with Gasteiger partial charge in [-0.2, -0.15) is 0 Å². The zero-order valence-electron chi connectivity index (χ0n) is 13.7. The van der Waals surface area contributed by atoms with Crippen LogP contribution in [0.3, 0.4) is 0 Å². The molecule has 4 rings (SSSR count). The Morgan fingerprint density at radius 2 is 2.12 bits per heavy atom. The lowest BCUT2D eigenvalue weighted by atomic mass is 10.3. The van der Waals surface area contributed by atoms with Gasteiger partial charge in [-0.3, -0.25) is 4.90 Å². The first-order valence-corrected chi connectivity index (χ1v) is 8.19. The summed E-state index contributed by atoms with van der Waals surface area (Å²) in [6, 6.07) is 12.0. The first-order chi connectivity index (χ1) is 11.7. The summed E-state index contributed by atoms with van der Waals surface area (Å²) in [5, 5.41) is 9.83. The van der Waals surface area contributed by atoms with E-state index in [0.717, 1.165) is 34.9 Å². The monoisotopic (exact) mass is 327 g/mol. The van der Waals surface area contributed by atoms with Crippen LogP contribution in [0.1, 0.15) is 5.76 Å². The second-order valence-corrected chi connectivity index (χ2v) is 6.21. The number of fused-ring (bicyclic) bond motifs is 1. The van der Waals surface area contributed by atoms with Crippen molar-refractivity contribution in [2.24, 2.45) is 7.05 Å². The van der Waals surface area contributed by atoms with Gasteiger partial charge in [0.25, 0.3) is 0 Å². The lowest BCUT2D eigenvalue weighted by Gasteiger charge is -2.19. The minimum Gasteiger partial charge on any atom is -0.456 e. The summed E-state index contributed by atoms with van der Waals surface area (Å²) >= 11 is 0. The number of ether oxygens (including phenoxy) is 1. The number of aryl methyl sites for hydroxylation is 1. The van der Waals surface area contributed by atoms with Crippen LogP contribution in [0.25, 0.3) is 22.6 Å². The molecule has 1 aromatic carbocycles. The van der Waals surface area contributed by atoms with Crippen molar-refractivity contribution in [1.82, 2.24) is 14.5 Å². The maximum Gasteiger partial charge on any atom is 0.176 e. The quantitative estimate of drug-likeness (QED) is 0.797. The van der Waals surface area contributed by atoms with E-state index in [4.69, 9.17) is 9.15 Å². The first kappa shape index (κ1) is 15.4. The highest BCUT2D eigenvalue weighted by molar-refractivity contribution is 5.79. The molecular formula is C18H21N3O3. The molecule has 1 aliphatic rings. The third-order valence-electron chi connectivity index (χ3n) is 4.38. The summed E-state index contributed by atoms with van der Waals surface area (Å²) in [6.45, 7) is 3.08. The molecule has 2 aromatic heterocycles. The van der Waals surface area contributed by atoms with Crippen molar-refractivity contribution in [3.63, 3.8) is 0 Å². The summed E-state index contributed by atoms with van der Waals surface area (Å²) in [5.74, 6) is 2.45. The molecule has 1 saturated heterocycles. The van der Waals surface area contributed by atoms with Gasteiger partial charge in [0.05, 0.1) is 36.9 Å². The molecule has 1 unspecified atom stereocenters. The normalized spacial score (nSPS) is 19.7. The highest BCUT2D eigenvalue weighted by Gasteiger charge is 2.19. The molecule has 126 valence electrons. The molecule has 0 amide bonds. The Morgan fingerprint density at radius 3 is 3.00 bits per heavy atom. The van der Waals surface area contributed by atoms with Crippen LogP contribution in [-0.4, -0.2) is 52.0 Å². The van der Waals surface area contributed by atoms with Crippen LogP contribution in [0.2, 0.25) is 0 Å². The highest BCUT2D eigenvalue weighted by atomic mass is 16.5. The van der Waals surface area contributed by atoms with Gasteiger partial charge in [0.1, 0.15) is 5.76 Å². The Kier molecular flexibility index (Phi) is 4.10. The van der Waals surface area contributed by atoms with E-state index < -0.39 is 6.10 Å². The van der Waals surface area contributed by atoms with E-state index in [2.05, 4.69) is 9.88 Å². The largest absolute Gasteiger partial charge is 0.456 e. The summed E-state index contributed by atoms with van der Waals surface area (Å²) in [7, 11) is 2.00. The Morgan fingerprint density at radius 1 is 1.25 bits per heavy atom. The smallest absolute Gasteiger partial charge is 0.176 e. The Bertz CT molecular complexity index is 839. The van der Waals surface area contributed by atoms with Gasteiger partial charge in [0.2, 0.25) is 0 Å². The van der Waals surface area contributed by atoms with Crippen molar-refractivity contribution in [3.05, 3.63) is 42.2 Å². The van der Waals surface area contributed by atoms with Gasteiger partial charge < -0.3 is 18.8 Å². The van der Waals surface area contributed by atoms with Crippen LogP contribution < -0.4 is 0 Å². The average molecular weight is 327 g/mol. The number of aromatic nitrogens is 2. The molecule has 0 spiro atoms. The van der Waals surface area contributed by atoms with Gasteiger partial charge in [-0.05, 0) is 24.3 Å². The third-order valence-corrected chi connectivity index (χ3v) is 4.38. The fourth-order valence-corrected chi connectivity index (χ4v) is 3.17. The van der Waals surface area contributed by atoms with Crippen molar-refractivity contribution in [3.8, 4) is 11.6 Å². The zero-order valence-corrected chi connectivity index (χ0v) is 13.7. The van der Waals surface area contributed by atoms with E-state index in [9.17, 15) is 5.11 Å². The van der Waals surface area contributed by atoms with Crippen molar-refractivity contribution in [1.29, 1.82) is 0 Å². The number of furan rings is 1. The summed E-state index contributed by atoms with van der Waals surface area (Å²) in [6.07, 6.45) is -0.443. The number of aliphatic hydroxyl groups excluding tert-OH is 1. The lowest BCUT2D eigenvalue weighted by molar-refractivity contribution is 0.0560. The number of rotatable bonds is 3. The Hall–Kier alpha value is -2.15. The van der Waals surface area contributed by atoms with Gasteiger partial charge in [0, 0.05) is 20.1 Å². The van der Waals surface area contributed by atoms with Gasteiger partial charge in [-0.1, -0.05) is 12.1 Å². The molecule has 0 radical (unpaired) electrons. The van der Waals surface area contributed by atoms with Crippen LogP contribution in [-0.2, 0) is 18.3 Å². The molecule has 1 atom stereocenters. The van der Waals surface area contributed by atoms with E-state index in [0.29, 0.717) is 26.3 Å². The lowest BCUT2D eigenvalue weighted by Crippen LogP contribution is -2.32. The fourth-order valence-electron chi connectivity index (χ4n) is 3.17. The molecule has 0 bridgehead atoms. The predicted octanol–water partition coefficient (Wildman–Crippen LogP) is 2.03. The van der Waals surface area contributed by atoms with Gasteiger partial charge in [-0.15, -0.1) is 0 Å². The predicted molar refractivity (Wildman–Crippen MR) is 90.5 cm³/mol. The number of para-hydroxylation sites is 2. The van der Waals surface area contributed by atoms with Crippen LogP contribution in [0.4, 0.5) is 0 Å². The summed E-state index contributed by atoms with van der Waals surface area (Å²) in [5.41, 5.74) is 2.04. The molecule has 0 saturated carbocycles. The molecule has 1 N–H and O–H groups in total. The van der Waals surface area contributed by atoms with E-state index in [1.54, 1.807) is 0 Å². The number of imidazole rings is 1. The number of hydrogen-bond acceptors (Lipinski definition) is 5. The van der Waals surface area contributed by atoms with Crippen molar-refractivity contribution in [2.45, 2.75) is 12.6 Å². The fraction of sp³-hybridized carbons (Fsp3) is 0.389. The molecule has 1 fully saturated rings.